The maximum absolute atomic E-state index is 3.84. The van der Waals surface area contributed by atoms with Crippen molar-refractivity contribution < 1.29 is 0 Å². The van der Waals surface area contributed by atoms with Gasteiger partial charge >= 0.3 is 0 Å². The fraction of sp³-hybridized carbons (Fsp3) is 0.0526. The SMILES string of the molecule is C=C/C=C\C(=C/C)c1cccc(/C(C=C)=C/C=C)c1. The van der Waals surface area contributed by atoms with Crippen molar-refractivity contribution in [1.29, 1.82) is 0 Å². The van der Waals surface area contributed by atoms with Crippen molar-refractivity contribution in [2.75, 3.05) is 0 Å². The minimum Gasteiger partial charge on any atom is -0.0991 e. The molecule has 0 saturated heterocycles. The van der Waals surface area contributed by atoms with Crippen LogP contribution < -0.4 is 0 Å². The van der Waals surface area contributed by atoms with E-state index in [4.69, 9.17) is 0 Å². The fourth-order valence-corrected chi connectivity index (χ4v) is 1.82. The van der Waals surface area contributed by atoms with Crippen LogP contribution in [0.3, 0.4) is 0 Å². The molecule has 0 aromatic heterocycles. The summed E-state index contributed by atoms with van der Waals surface area (Å²) in [5, 5.41) is 0. The summed E-state index contributed by atoms with van der Waals surface area (Å²) in [5.74, 6) is 0. The third kappa shape index (κ3) is 4.11. The van der Waals surface area contributed by atoms with E-state index >= 15 is 0 Å². The largest absolute Gasteiger partial charge is 0.0991 e. The van der Waals surface area contributed by atoms with Crippen LogP contribution >= 0.6 is 0 Å². The summed E-state index contributed by atoms with van der Waals surface area (Å²) in [5.41, 5.74) is 4.55. The van der Waals surface area contributed by atoms with Gasteiger partial charge in [-0.05, 0) is 35.3 Å². The highest BCUT2D eigenvalue weighted by Crippen LogP contribution is 2.22. The van der Waals surface area contributed by atoms with Crippen molar-refractivity contribution in [2.45, 2.75) is 6.92 Å². The Hall–Kier alpha value is -2.34. The second kappa shape index (κ2) is 7.88. The van der Waals surface area contributed by atoms with Crippen molar-refractivity contribution in [1.82, 2.24) is 0 Å². The third-order valence-electron chi connectivity index (χ3n) is 2.77. The number of rotatable bonds is 6. The standard InChI is InChI=1S/C19H20/c1-5-9-12-17(8-4)19-14-10-13-18(15-19)16(7-3)11-6-2/h5-15H,1-3H2,4H3/b12-9-,16-11+,17-8+. The van der Waals surface area contributed by atoms with Crippen molar-refractivity contribution in [3.05, 3.63) is 97.7 Å². The molecule has 0 amide bonds. The molecule has 1 aromatic carbocycles. The van der Waals surface area contributed by atoms with Crippen LogP contribution in [0.25, 0.3) is 11.1 Å². The van der Waals surface area contributed by atoms with Gasteiger partial charge in [0, 0.05) is 0 Å². The summed E-state index contributed by atoms with van der Waals surface area (Å²) in [6.07, 6.45) is 13.4. The Bertz CT molecular complexity index is 551. The van der Waals surface area contributed by atoms with Crippen LogP contribution in [-0.2, 0) is 0 Å². The monoisotopic (exact) mass is 248 g/mol. The van der Waals surface area contributed by atoms with Gasteiger partial charge in [0.25, 0.3) is 0 Å². The van der Waals surface area contributed by atoms with Gasteiger partial charge in [-0.15, -0.1) is 0 Å². The molecule has 0 radical (unpaired) electrons. The zero-order valence-electron chi connectivity index (χ0n) is 11.5. The highest BCUT2D eigenvalue weighted by atomic mass is 14.1. The summed E-state index contributed by atoms with van der Waals surface area (Å²) in [4.78, 5) is 0. The average Bonchev–Trinajstić information content (AvgIpc) is 2.46. The van der Waals surface area contributed by atoms with Crippen LogP contribution in [0.5, 0.6) is 0 Å². The third-order valence-corrected chi connectivity index (χ3v) is 2.77. The quantitative estimate of drug-likeness (QED) is 0.576. The Kier molecular flexibility index (Phi) is 6.11. The van der Waals surface area contributed by atoms with Crippen LogP contribution in [0, 0.1) is 0 Å². The molecule has 0 aliphatic heterocycles. The molecule has 0 atom stereocenters. The van der Waals surface area contributed by atoms with Gasteiger partial charge < -0.3 is 0 Å². The van der Waals surface area contributed by atoms with Gasteiger partial charge in [0.2, 0.25) is 0 Å². The normalized spacial score (nSPS) is 12.5. The summed E-state index contributed by atoms with van der Waals surface area (Å²) >= 11 is 0. The molecule has 96 valence electrons. The Balaban J connectivity index is 3.22. The van der Waals surface area contributed by atoms with Crippen molar-refractivity contribution in [2.24, 2.45) is 0 Å². The maximum atomic E-state index is 3.84. The van der Waals surface area contributed by atoms with Gasteiger partial charge in [-0.25, -0.2) is 0 Å². The molecule has 19 heavy (non-hydrogen) atoms. The molecule has 0 spiro atoms. The molecule has 0 aliphatic rings. The van der Waals surface area contributed by atoms with Crippen molar-refractivity contribution in [3.63, 3.8) is 0 Å². The van der Waals surface area contributed by atoms with E-state index in [2.05, 4.69) is 56.2 Å². The van der Waals surface area contributed by atoms with E-state index in [9.17, 15) is 0 Å². The maximum Gasteiger partial charge on any atom is -0.0178 e. The molecule has 0 heterocycles. The van der Waals surface area contributed by atoms with Gasteiger partial charge in [0.1, 0.15) is 0 Å². The van der Waals surface area contributed by atoms with E-state index in [1.54, 1.807) is 12.2 Å². The summed E-state index contributed by atoms with van der Waals surface area (Å²) < 4.78 is 0. The molecule has 0 heteroatoms. The lowest BCUT2D eigenvalue weighted by Crippen LogP contribution is -1.85. The topological polar surface area (TPSA) is 0 Å². The van der Waals surface area contributed by atoms with E-state index in [1.807, 2.05) is 25.2 Å². The van der Waals surface area contributed by atoms with E-state index in [-0.39, 0.29) is 0 Å². The van der Waals surface area contributed by atoms with Crippen LogP contribution in [0.2, 0.25) is 0 Å². The van der Waals surface area contributed by atoms with Crippen LogP contribution in [0.15, 0.2) is 86.5 Å². The first kappa shape index (κ1) is 14.7. The van der Waals surface area contributed by atoms with E-state index in [1.165, 1.54) is 11.1 Å². The Morgan fingerprint density at radius 2 is 1.68 bits per heavy atom. The molecule has 0 aliphatic carbocycles. The molecule has 0 nitrogen and oxygen atoms in total. The molecule has 0 N–H and O–H groups in total. The lowest BCUT2D eigenvalue weighted by Gasteiger charge is -2.07. The summed E-state index contributed by atoms with van der Waals surface area (Å²) in [7, 11) is 0. The van der Waals surface area contributed by atoms with Crippen molar-refractivity contribution in [3.8, 4) is 0 Å². The first-order valence-corrected chi connectivity index (χ1v) is 6.28. The second-order valence-electron chi connectivity index (χ2n) is 3.98. The van der Waals surface area contributed by atoms with Crippen LogP contribution in [0.1, 0.15) is 18.1 Å². The second-order valence-corrected chi connectivity index (χ2v) is 3.98. The van der Waals surface area contributed by atoms with E-state index in [0.29, 0.717) is 0 Å². The Morgan fingerprint density at radius 1 is 1.00 bits per heavy atom. The number of hydrogen-bond acceptors (Lipinski definition) is 0. The summed E-state index contributed by atoms with van der Waals surface area (Å²) in [6.45, 7) is 13.3. The molecular formula is C19H20. The number of hydrogen-bond donors (Lipinski definition) is 0. The summed E-state index contributed by atoms with van der Waals surface area (Å²) in [6, 6.07) is 8.38. The minimum atomic E-state index is 1.07. The molecule has 1 rings (SSSR count). The first-order chi connectivity index (χ1) is 9.26. The predicted octanol–water partition coefficient (Wildman–Crippen LogP) is 5.59. The van der Waals surface area contributed by atoms with E-state index in [0.717, 1.165) is 11.1 Å². The van der Waals surface area contributed by atoms with Crippen LogP contribution in [0.4, 0.5) is 0 Å². The zero-order chi connectivity index (χ0) is 14.1. The molecular weight excluding hydrogens is 228 g/mol. The number of benzene rings is 1. The molecule has 0 bridgehead atoms. The average molecular weight is 248 g/mol. The lowest BCUT2D eigenvalue weighted by molar-refractivity contribution is 1.55. The van der Waals surface area contributed by atoms with Crippen molar-refractivity contribution >= 4 is 11.1 Å². The zero-order valence-corrected chi connectivity index (χ0v) is 11.5. The van der Waals surface area contributed by atoms with Crippen LogP contribution in [-0.4, -0.2) is 0 Å². The smallest absolute Gasteiger partial charge is 0.0178 e. The molecule has 0 fully saturated rings. The Morgan fingerprint density at radius 3 is 2.21 bits per heavy atom. The highest BCUT2D eigenvalue weighted by Gasteiger charge is 2.01. The van der Waals surface area contributed by atoms with Gasteiger partial charge in [0.05, 0.1) is 0 Å². The number of allylic oxidation sites excluding steroid dienone is 9. The Labute approximate surface area is 116 Å². The minimum absolute atomic E-state index is 1.07. The molecule has 0 unspecified atom stereocenters. The van der Waals surface area contributed by atoms with E-state index < -0.39 is 0 Å². The first-order valence-electron chi connectivity index (χ1n) is 6.28. The predicted molar refractivity (Wildman–Crippen MR) is 87.8 cm³/mol. The van der Waals surface area contributed by atoms with Gasteiger partial charge in [-0.1, -0.05) is 80.5 Å². The fourth-order valence-electron chi connectivity index (χ4n) is 1.82. The van der Waals surface area contributed by atoms with Gasteiger partial charge in [-0.2, -0.15) is 0 Å². The van der Waals surface area contributed by atoms with Gasteiger partial charge in [-0.3, -0.25) is 0 Å². The lowest BCUT2D eigenvalue weighted by atomic mass is 9.98. The molecule has 1 aromatic rings. The van der Waals surface area contributed by atoms with Gasteiger partial charge in [0.15, 0.2) is 0 Å². The molecule has 0 saturated carbocycles. The highest BCUT2D eigenvalue weighted by molar-refractivity contribution is 5.80.